The number of methoxy groups -OCH3 is 2. The quantitative estimate of drug-likeness (QED) is 0.194. The van der Waals surface area contributed by atoms with E-state index < -0.39 is 26.9 Å². The van der Waals surface area contributed by atoms with Gasteiger partial charge >= 0.3 is 15.6 Å². The van der Waals surface area contributed by atoms with Crippen LogP contribution in [0.5, 0.6) is 17.2 Å². The lowest BCUT2D eigenvalue weighted by Crippen LogP contribution is -2.29. The Morgan fingerprint density at radius 1 is 0.953 bits per heavy atom. The SMILES string of the molecule is COc1ccc(-n2c(=O)cc(OS(=O)(=O)C(F)(F)F)c3cnc(Nc4ccc(N(C)CCN(C)C)cc4)nc32)c(OC)c1. The first-order valence-electron chi connectivity index (χ1n) is 12.6. The first-order chi connectivity index (χ1) is 20.2. The molecule has 1 N–H and O–H groups in total. The Morgan fingerprint density at radius 3 is 2.26 bits per heavy atom. The van der Waals surface area contributed by atoms with Crippen LogP contribution in [0.3, 0.4) is 0 Å². The molecule has 4 rings (SSSR count). The molecule has 0 saturated heterocycles. The normalized spacial score (nSPS) is 11.9. The summed E-state index contributed by atoms with van der Waals surface area (Å²) in [5.74, 6) is -0.348. The van der Waals surface area contributed by atoms with E-state index in [2.05, 4.69) is 29.3 Å². The number of halogens is 3. The molecule has 2 aromatic carbocycles. The zero-order valence-corrected chi connectivity index (χ0v) is 24.7. The maximum atomic E-state index is 13.3. The van der Waals surface area contributed by atoms with Crippen LogP contribution < -0.4 is 29.4 Å². The highest BCUT2D eigenvalue weighted by atomic mass is 32.2. The van der Waals surface area contributed by atoms with Crippen LogP contribution in [-0.2, 0) is 10.1 Å². The minimum absolute atomic E-state index is 0.0299. The van der Waals surface area contributed by atoms with Crippen LogP contribution >= 0.6 is 0 Å². The third kappa shape index (κ3) is 6.91. The van der Waals surface area contributed by atoms with E-state index in [0.29, 0.717) is 17.5 Å². The Labute approximate surface area is 245 Å². The average molecular weight is 623 g/mol. The van der Waals surface area contributed by atoms with Gasteiger partial charge in [-0.25, -0.2) is 4.98 Å². The number of fused-ring (bicyclic) bond motifs is 1. The maximum Gasteiger partial charge on any atom is 0.534 e. The minimum atomic E-state index is -6.10. The fourth-order valence-corrected chi connectivity index (χ4v) is 4.45. The molecule has 0 atom stereocenters. The second-order valence-corrected chi connectivity index (χ2v) is 11.1. The predicted molar refractivity (Wildman–Crippen MR) is 155 cm³/mol. The van der Waals surface area contributed by atoms with Gasteiger partial charge in [-0.1, -0.05) is 0 Å². The summed E-state index contributed by atoms with van der Waals surface area (Å²) in [7, 11) is 2.61. The second-order valence-electron chi connectivity index (χ2n) is 9.53. The summed E-state index contributed by atoms with van der Waals surface area (Å²) >= 11 is 0. The molecule has 2 heterocycles. The molecule has 0 spiro atoms. The molecule has 0 fully saturated rings. The van der Waals surface area contributed by atoms with Crippen molar-refractivity contribution in [3.63, 3.8) is 0 Å². The molecule has 0 aliphatic heterocycles. The van der Waals surface area contributed by atoms with E-state index in [0.717, 1.165) is 29.5 Å². The van der Waals surface area contributed by atoms with Crippen LogP contribution in [0.25, 0.3) is 16.7 Å². The zero-order valence-electron chi connectivity index (χ0n) is 23.8. The molecular formula is C27H29F3N6O6S. The molecule has 0 aliphatic rings. The average Bonchev–Trinajstić information content (AvgIpc) is 2.95. The Hall–Kier alpha value is -4.57. The number of ether oxygens (including phenoxy) is 2. The van der Waals surface area contributed by atoms with Gasteiger partial charge in [0.15, 0.2) is 11.4 Å². The highest BCUT2D eigenvalue weighted by Crippen LogP contribution is 2.34. The third-order valence-corrected chi connectivity index (χ3v) is 7.24. The Kier molecular flexibility index (Phi) is 9.01. The van der Waals surface area contributed by atoms with Crippen LogP contribution in [0.1, 0.15) is 0 Å². The number of rotatable bonds is 11. The summed E-state index contributed by atoms with van der Waals surface area (Å²) in [6.07, 6.45) is 1.06. The van der Waals surface area contributed by atoms with E-state index in [1.165, 1.54) is 32.4 Å². The zero-order chi connectivity index (χ0) is 31.5. The molecule has 0 unspecified atom stereocenters. The largest absolute Gasteiger partial charge is 0.534 e. The number of likely N-dealkylation sites (N-methyl/N-ethyl adjacent to an activating group) is 2. The minimum Gasteiger partial charge on any atom is -0.497 e. The van der Waals surface area contributed by atoms with Gasteiger partial charge in [0.25, 0.3) is 5.56 Å². The highest BCUT2D eigenvalue weighted by molar-refractivity contribution is 7.88. The second kappa shape index (κ2) is 12.3. The molecule has 4 aromatic rings. The van der Waals surface area contributed by atoms with Crippen molar-refractivity contribution >= 4 is 38.5 Å². The van der Waals surface area contributed by atoms with E-state index in [-0.39, 0.29) is 28.4 Å². The van der Waals surface area contributed by atoms with Gasteiger partial charge in [0, 0.05) is 49.8 Å². The monoisotopic (exact) mass is 622 g/mol. The highest BCUT2D eigenvalue weighted by Gasteiger charge is 2.49. The van der Waals surface area contributed by atoms with Gasteiger partial charge in [-0.15, -0.1) is 0 Å². The van der Waals surface area contributed by atoms with Gasteiger partial charge in [-0.05, 0) is 50.5 Å². The smallest absolute Gasteiger partial charge is 0.497 e. The third-order valence-electron chi connectivity index (χ3n) is 6.28. The number of hydrogen-bond donors (Lipinski definition) is 1. The standard InChI is InChI=1S/C27H29F3N6O6S/c1-34(2)12-13-35(3)18-8-6-17(7-9-18)32-26-31-16-20-22(42-43(38,39)27(28,29)30)15-24(37)36(25(20)33-26)21-11-10-19(40-4)14-23(21)41-5/h6-11,14-16H,12-13H2,1-5H3,(H,31,32,33). The number of benzene rings is 2. The predicted octanol–water partition coefficient (Wildman–Crippen LogP) is 3.77. The number of pyridine rings is 1. The van der Waals surface area contributed by atoms with E-state index in [4.69, 9.17) is 9.47 Å². The summed E-state index contributed by atoms with van der Waals surface area (Å²) < 4.78 is 79.0. The molecule has 230 valence electrons. The topological polar surface area (TPSA) is 128 Å². The van der Waals surface area contributed by atoms with Crippen molar-refractivity contribution in [2.75, 3.05) is 58.7 Å². The fraction of sp³-hybridized carbons (Fsp3) is 0.296. The summed E-state index contributed by atoms with van der Waals surface area (Å²) in [6, 6.07) is 12.4. The number of anilines is 3. The number of hydrogen-bond acceptors (Lipinski definition) is 11. The van der Waals surface area contributed by atoms with E-state index in [1.54, 1.807) is 12.1 Å². The molecule has 0 amide bonds. The van der Waals surface area contributed by atoms with Gasteiger partial charge in [0.2, 0.25) is 5.95 Å². The molecule has 16 heteroatoms. The molecular weight excluding hydrogens is 593 g/mol. The van der Waals surface area contributed by atoms with Crippen molar-refractivity contribution in [3.05, 3.63) is 65.1 Å². The molecule has 0 bridgehead atoms. The van der Waals surface area contributed by atoms with Crippen molar-refractivity contribution in [2.45, 2.75) is 5.51 Å². The Balaban J connectivity index is 1.82. The summed E-state index contributed by atoms with van der Waals surface area (Å²) in [5.41, 5.74) is -5.24. The van der Waals surface area contributed by atoms with E-state index in [9.17, 15) is 26.4 Å². The van der Waals surface area contributed by atoms with E-state index >= 15 is 0 Å². The van der Waals surface area contributed by atoms with Gasteiger partial charge in [-0.3, -0.25) is 9.36 Å². The van der Waals surface area contributed by atoms with Gasteiger partial charge < -0.3 is 28.8 Å². The molecule has 43 heavy (non-hydrogen) atoms. The van der Waals surface area contributed by atoms with Gasteiger partial charge in [-0.2, -0.15) is 26.6 Å². The molecule has 2 aromatic heterocycles. The van der Waals surface area contributed by atoms with Gasteiger partial charge in [0.05, 0.1) is 25.3 Å². The van der Waals surface area contributed by atoms with Crippen LogP contribution in [0.2, 0.25) is 0 Å². The Morgan fingerprint density at radius 2 is 1.65 bits per heavy atom. The molecule has 0 saturated carbocycles. The van der Waals surface area contributed by atoms with Crippen molar-refractivity contribution < 1.29 is 35.2 Å². The number of aromatic nitrogens is 3. The number of nitrogens with zero attached hydrogens (tertiary/aromatic N) is 5. The fourth-order valence-electron chi connectivity index (χ4n) is 3.98. The van der Waals surface area contributed by atoms with Crippen LogP contribution in [0.4, 0.5) is 30.5 Å². The van der Waals surface area contributed by atoms with Gasteiger partial charge in [0.1, 0.15) is 11.5 Å². The van der Waals surface area contributed by atoms with Crippen molar-refractivity contribution in [2.24, 2.45) is 0 Å². The van der Waals surface area contributed by atoms with Crippen molar-refractivity contribution in [1.29, 1.82) is 0 Å². The maximum absolute atomic E-state index is 13.3. The lowest BCUT2D eigenvalue weighted by molar-refractivity contribution is -0.0499. The lowest BCUT2D eigenvalue weighted by atomic mass is 10.2. The summed E-state index contributed by atoms with van der Waals surface area (Å²) in [6.45, 7) is 1.66. The number of alkyl halides is 3. The molecule has 0 radical (unpaired) electrons. The van der Waals surface area contributed by atoms with Crippen LogP contribution in [0.15, 0.2) is 59.5 Å². The number of nitrogens with one attached hydrogen (secondary N) is 1. The van der Waals surface area contributed by atoms with Crippen LogP contribution in [-0.4, -0.2) is 81.8 Å². The Bertz CT molecular complexity index is 1780. The first-order valence-corrected chi connectivity index (χ1v) is 14.0. The van der Waals surface area contributed by atoms with E-state index in [1.807, 2.05) is 33.3 Å². The lowest BCUT2D eigenvalue weighted by Gasteiger charge is -2.21. The van der Waals surface area contributed by atoms with Crippen molar-refractivity contribution in [3.8, 4) is 22.9 Å². The van der Waals surface area contributed by atoms with Crippen LogP contribution in [0, 0.1) is 0 Å². The molecule has 12 nitrogen and oxygen atoms in total. The van der Waals surface area contributed by atoms with Crippen molar-refractivity contribution in [1.82, 2.24) is 19.4 Å². The first kappa shape index (κ1) is 31.4. The summed E-state index contributed by atoms with van der Waals surface area (Å²) in [4.78, 5) is 26.0. The molecule has 0 aliphatic carbocycles. The summed E-state index contributed by atoms with van der Waals surface area (Å²) in [5, 5.41) is 2.71.